The number of alkyl halides is 3. The molecular weight excluding hydrogens is 417 g/mol. The summed E-state index contributed by atoms with van der Waals surface area (Å²) in [5, 5.41) is 5.28. The molecule has 3 aromatic rings. The number of ether oxygens (including phenoxy) is 1. The maximum atomic E-state index is 12.7. The molecule has 1 N–H and O–H groups in total. The van der Waals surface area contributed by atoms with Crippen molar-refractivity contribution in [2.24, 2.45) is 0 Å². The van der Waals surface area contributed by atoms with Gasteiger partial charge < -0.3 is 10.1 Å². The third-order valence-corrected chi connectivity index (χ3v) is 4.09. The molecule has 0 radical (unpaired) electrons. The highest BCUT2D eigenvalue weighted by Crippen LogP contribution is 2.32. The Labute approximate surface area is 157 Å². The Morgan fingerprint density at radius 3 is 2.44 bits per heavy atom. The molecule has 0 aliphatic heterocycles. The van der Waals surface area contributed by atoms with Gasteiger partial charge in [0.25, 0.3) is 0 Å². The molecule has 1 heterocycles. The van der Waals surface area contributed by atoms with Crippen LogP contribution in [0.5, 0.6) is 5.75 Å². The van der Waals surface area contributed by atoms with E-state index in [2.05, 4.69) is 10.3 Å². The van der Waals surface area contributed by atoms with Crippen molar-refractivity contribution in [2.75, 3.05) is 12.4 Å². The number of hydrogen-bond donors (Lipinski definition) is 1. The lowest BCUT2D eigenvalue weighted by Crippen LogP contribution is -2.05. The summed E-state index contributed by atoms with van der Waals surface area (Å²) in [6.45, 7) is 0. The highest BCUT2D eigenvalue weighted by molar-refractivity contribution is 8.93. The summed E-state index contributed by atoms with van der Waals surface area (Å²) in [4.78, 5) is 4.41. The first-order chi connectivity index (χ1) is 11.5. The van der Waals surface area contributed by atoms with E-state index < -0.39 is 11.7 Å². The number of hydrogen-bond acceptors (Lipinski definition) is 4. The van der Waals surface area contributed by atoms with Crippen LogP contribution in [0, 0.1) is 0 Å². The molecule has 1 aromatic heterocycles. The van der Waals surface area contributed by atoms with E-state index in [-0.39, 0.29) is 17.0 Å². The minimum absolute atomic E-state index is 0. The molecule has 132 valence electrons. The van der Waals surface area contributed by atoms with Crippen LogP contribution in [0.2, 0.25) is 0 Å². The number of anilines is 2. The van der Waals surface area contributed by atoms with E-state index in [4.69, 9.17) is 4.74 Å². The zero-order chi connectivity index (χ0) is 17.2. The van der Waals surface area contributed by atoms with Crippen LogP contribution in [0.1, 0.15) is 5.56 Å². The van der Waals surface area contributed by atoms with Crippen LogP contribution in [0.3, 0.4) is 0 Å². The van der Waals surface area contributed by atoms with Gasteiger partial charge in [0.05, 0.1) is 18.4 Å². The Hall–Kier alpha value is -2.06. The lowest BCUT2D eigenvalue weighted by molar-refractivity contribution is -0.137. The first kappa shape index (κ1) is 19.3. The summed E-state index contributed by atoms with van der Waals surface area (Å²) in [7, 11) is 1.59. The molecule has 0 spiro atoms. The third kappa shape index (κ3) is 4.73. The fourth-order valence-corrected chi connectivity index (χ4v) is 2.86. The van der Waals surface area contributed by atoms with E-state index in [1.54, 1.807) is 13.2 Å². The Morgan fingerprint density at radius 1 is 1.08 bits per heavy atom. The van der Waals surface area contributed by atoms with E-state index in [0.717, 1.165) is 29.1 Å². The first-order valence-corrected chi connectivity index (χ1v) is 7.88. The third-order valence-electron chi connectivity index (χ3n) is 3.33. The molecule has 0 fully saturated rings. The van der Waals surface area contributed by atoms with Crippen molar-refractivity contribution in [3.8, 4) is 17.0 Å². The molecule has 2 aromatic carbocycles. The van der Waals surface area contributed by atoms with Crippen molar-refractivity contribution >= 4 is 39.1 Å². The van der Waals surface area contributed by atoms with Crippen LogP contribution >= 0.6 is 28.3 Å². The van der Waals surface area contributed by atoms with Gasteiger partial charge in [-0.2, -0.15) is 13.2 Å². The van der Waals surface area contributed by atoms with Gasteiger partial charge in [0, 0.05) is 16.6 Å². The smallest absolute Gasteiger partial charge is 0.416 e. The van der Waals surface area contributed by atoms with Crippen LogP contribution in [-0.4, -0.2) is 12.1 Å². The summed E-state index contributed by atoms with van der Waals surface area (Å²) in [5.41, 5.74) is 1.31. The number of benzene rings is 2. The van der Waals surface area contributed by atoms with E-state index in [1.165, 1.54) is 17.4 Å². The molecule has 0 bridgehead atoms. The minimum Gasteiger partial charge on any atom is -0.497 e. The van der Waals surface area contributed by atoms with Gasteiger partial charge in [0.15, 0.2) is 5.13 Å². The average Bonchev–Trinajstić information content (AvgIpc) is 3.03. The van der Waals surface area contributed by atoms with Crippen molar-refractivity contribution in [1.82, 2.24) is 4.98 Å². The van der Waals surface area contributed by atoms with Crippen LogP contribution in [0.25, 0.3) is 11.3 Å². The van der Waals surface area contributed by atoms with Crippen LogP contribution in [0.15, 0.2) is 53.9 Å². The van der Waals surface area contributed by atoms with Crippen molar-refractivity contribution < 1.29 is 17.9 Å². The van der Waals surface area contributed by atoms with Gasteiger partial charge in [0.2, 0.25) is 0 Å². The summed E-state index contributed by atoms with van der Waals surface area (Å²) >= 11 is 1.33. The van der Waals surface area contributed by atoms with Crippen molar-refractivity contribution in [3.05, 3.63) is 59.5 Å². The first-order valence-electron chi connectivity index (χ1n) is 7.00. The van der Waals surface area contributed by atoms with Gasteiger partial charge in [-0.25, -0.2) is 4.98 Å². The fraction of sp³-hybridized carbons (Fsp3) is 0.118. The number of methoxy groups -OCH3 is 1. The van der Waals surface area contributed by atoms with Crippen molar-refractivity contribution in [2.45, 2.75) is 6.18 Å². The molecule has 3 rings (SSSR count). The van der Waals surface area contributed by atoms with Gasteiger partial charge in [-0.3, -0.25) is 0 Å². The van der Waals surface area contributed by atoms with Gasteiger partial charge in [-0.15, -0.1) is 28.3 Å². The zero-order valence-corrected chi connectivity index (χ0v) is 15.5. The Morgan fingerprint density at radius 2 is 1.80 bits per heavy atom. The van der Waals surface area contributed by atoms with Gasteiger partial charge in [0.1, 0.15) is 5.75 Å². The average molecular weight is 431 g/mol. The Balaban J connectivity index is 0.00000225. The molecule has 3 nitrogen and oxygen atoms in total. The van der Waals surface area contributed by atoms with Crippen molar-refractivity contribution in [3.63, 3.8) is 0 Å². The summed E-state index contributed by atoms with van der Waals surface area (Å²) in [6.07, 6.45) is -4.37. The van der Waals surface area contributed by atoms with E-state index in [1.807, 2.05) is 29.6 Å². The largest absolute Gasteiger partial charge is 0.497 e. The lowest BCUT2D eigenvalue weighted by atomic mass is 10.2. The fourth-order valence-electron chi connectivity index (χ4n) is 2.12. The van der Waals surface area contributed by atoms with Crippen LogP contribution in [0.4, 0.5) is 24.0 Å². The number of nitrogens with one attached hydrogen (secondary N) is 1. The van der Waals surface area contributed by atoms with Crippen molar-refractivity contribution in [1.29, 1.82) is 0 Å². The minimum atomic E-state index is -4.37. The summed E-state index contributed by atoms with van der Waals surface area (Å²) in [6, 6.07) is 12.4. The summed E-state index contributed by atoms with van der Waals surface area (Å²) in [5.74, 6) is 0.747. The van der Waals surface area contributed by atoms with Crippen LogP contribution < -0.4 is 10.1 Å². The maximum absolute atomic E-state index is 12.7. The summed E-state index contributed by atoms with van der Waals surface area (Å²) < 4.78 is 43.3. The molecule has 0 aliphatic rings. The SMILES string of the molecule is Br.COc1ccc(-c2csc(Nc3cccc(C(F)(F)F)c3)n2)cc1. The molecule has 25 heavy (non-hydrogen) atoms. The monoisotopic (exact) mass is 430 g/mol. The second-order valence-electron chi connectivity index (χ2n) is 4.97. The number of aromatic nitrogens is 1. The predicted molar refractivity (Wildman–Crippen MR) is 99.2 cm³/mol. The van der Waals surface area contributed by atoms with Crippen LogP contribution in [-0.2, 0) is 6.18 Å². The van der Waals surface area contributed by atoms with Gasteiger partial charge >= 0.3 is 6.18 Å². The highest BCUT2D eigenvalue weighted by Gasteiger charge is 2.30. The van der Waals surface area contributed by atoms with E-state index in [9.17, 15) is 13.2 Å². The molecule has 0 atom stereocenters. The number of halogens is 4. The number of rotatable bonds is 4. The lowest BCUT2D eigenvalue weighted by Gasteiger charge is -2.08. The molecule has 0 saturated heterocycles. The molecule has 8 heteroatoms. The quantitative estimate of drug-likeness (QED) is 0.538. The number of nitrogens with zero attached hydrogens (tertiary/aromatic N) is 1. The molecule has 0 unspecified atom stereocenters. The second-order valence-corrected chi connectivity index (χ2v) is 5.83. The molecule has 0 aliphatic carbocycles. The predicted octanol–water partition coefficient (Wildman–Crippen LogP) is 6.16. The van der Waals surface area contributed by atoms with Gasteiger partial charge in [-0.05, 0) is 42.5 Å². The topological polar surface area (TPSA) is 34.1 Å². The molecule has 0 saturated carbocycles. The zero-order valence-electron chi connectivity index (χ0n) is 13.0. The second kappa shape index (κ2) is 7.88. The normalized spacial score (nSPS) is 10.9. The molecular formula is C17H14BrF3N2OS. The van der Waals surface area contributed by atoms with Gasteiger partial charge in [-0.1, -0.05) is 6.07 Å². The maximum Gasteiger partial charge on any atom is 0.416 e. The van der Waals surface area contributed by atoms with E-state index in [0.29, 0.717) is 10.8 Å². The van der Waals surface area contributed by atoms with E-state index >= 15 is 0 Å². The Kier molecular flexibility index (Phi) is 6.07. The highest BCUT2D eigenvalue weighted by atomic mass is 79.9. The number of thiazole rings is 1. The standard InChI is InChI=1S/C17H13F3N2OS.BrH/c1-23-14-7-5-11(6-8-14)15-10-24-16(22-15)21-13-4-2-3-12(9-13)17(18,19)20;/h2-10H,1H3,(H,21,22);1H. The molecule has 0 amide bonds. The Bertz CT molecular complexity index is 834.